The van der Waals surface area contributed by atoms with Gasteiger partial charge in [0, 0.05) is 30.9 Å². The Morgan fingerprint density at radius 2 is 2.39 bits per heavy atom. The molecule has 0 N–H and O–H groups in total. The minimum absolute atomic E-state index is 0.00155. The van der Waals surface area contributed by atoms with Gasteiger partial charge >= 0.3 is 0 Å². The number of aromatic nitrogens is 1. The molecule has 6 heteroatoms. The Kier molecular flexibility index (Phi) is 4.83. The second kappa shape index (κ2) is 7.19. The summed E-state index contributed by atoms with van der Waals surface area (Å²) in [6.07, 6.45) is 5.74. The van der Waals surface area contributed by atoms with Crippen LogP contribution in [0.1, 0.15) is 21.7 Å². The summed E-state index contributed by atoms with van der Waals surface area (Å²) in [5, 5.41) is 6.04. The third-order valence-corrected chi connectivity index (χ3v) is 4.38. The number of nitrogens with zero attached hydrogens (tertiary/aromatic N) is 3. The van der Waals surface area contributed by atoms with Crippen LogP contribution < -0.4 is 0 Å². The molecule has 0 bridgehead atoms. The lowest BCUT2D eigenvalue weighted by Gasteiger charge is -2.22. The van der Waals surface area contributed by atoms with Gasteiger partial charge in [-0.25, -0.2) is 0 Å². The van der Waals surface area contributed by atoms with Crippen LogP contribution >= 0.6 is 11.3 Å². The van der Waals surface area contributed by atoms with Gasteiger partial charge in [-0.2, -0.15) is 0 Å². The zero-order valence-electron chi connectivity index (χ0n) is 12.6. The van der Waals surface area contributed by atoms with Crippen LogP contribution in [-0.4, -0.2) is 40.7 Å². The van der Waals surface area contributed by atoms with Crippen molar-refractivity contribution in [3.05, 3.63) is 65.1 Å². The lowest BCUT2D eigenvalue weighted by molar-refractivity contribution is 0.0452. The van der Waals surface area contributed by atoms with E-state index in [0.717, 1.165) is 16.2 Å². The first kappa shape index (κ1) is 15.4. The highest BCUT2D eigenvalue weighted by Crippen LogP contribution is 2.19. The quantitative estimate of drug-likeness (QED) is 0.767. The molecule has 5 nitrogen and oxygen atoms in total. The van der Waals surface area contributed by atoms with Gasteiger partial charge in [0.15, 0.2) is 6.10 Å². The fraction of sp³-hybridized carbons (Fsp3) is 0.235. The third kappa shape index (κ3) is 3.65. The van der Waals surface area contributed by atoms with Gasteiger partial charge in [0.2, 0.25) is 0 Å². The maximum Gasteiger partial charge on any atom is 0.264 e. The molecule has 1 aliphatic heterocycles. The van der Waals surface area contributed by atoms with E-state index in [9.17, 15) is 4.79 Å². The predicted octanol–water partition coefficient (Wildman–Crippen LogP) is 2.96. The Hall–Kier alpha value is -2.47. The first-order valence-corrected chi connectivity index (χ1v) is 8.22. The highest BCUT2D eigenvalue weighted by molar-refractivity contribution is 7.12. The maximum atomic E-state index is 12.5. The van der Waals surface area contributed by atoms with Gasteiger partial charge in [0.05, 0.1) is 17.1 Å². The van der Waals surface area contributed by atoms with Crippen molar-refractivity contribution < 1.29 is 9.63 Å². The molecule has 0 spiro atoms. The summed E-state index contributed by atoms with van der Waals surface area (Å²) in [6.45, 7) is 4.70. The van der Waals surface area contributed by atoms with Crippen molar-refractivity contribution in [1.29, 1.82) is 0 Å². The van der Waals surface area contributed by atoms with Crippen molar-refractivity contribution >= 4 is 23.0 Å². The summed E-state index contributed by atoms with van der Waals surface area (Å²) < 4.78 is 0. The zero-order chi connectivity index (χ0) is 16.1. The third-order valence-electron chi connectivity index (χ3n) is 3.52. The molecule has 0 aromatic carbocycles. The van der Waals surface area contributed by atoms with Gasteiger partial charge in [0.1, 0.15) is 0 Å². The largest absolute Gasteiger partial charge is 0.390 e. The van der Waals surface area contributed by atoms with Crippen molar-refractivity contribution in [2.24, 2.45) is 5.16 Å². The monoisotopic (exact) mass is 327 g/mol. The van der Waals surface area contributed by atoms with Crippen molar-refractivity contribution in [3.8, 4) is 0 Å². The molecule has 0 radical (unpaired) electrons. The summed E-state index contributed by atoms with van der Waals surface area (Å²) in [5.41, 5.74) is 1.82. The van der Waals surface area contributed by atoms with E-state index in [1.54, 1.807) is 23.4 Å². The zero-order valence-corrected chi connectivity index (χ0v) is 13.4. The molecule has 0 saturated heterocycles. The van der Waals surface area contributed by atoms with Crippen LogP contribution in [0.5, 0.6) is 0 Å². The van der Waals surface area contributed by atoms with Crippen LogP contribution in [0.2, 0.25) is 0 Å². The minimum atomic E-state index is -0.144. The summed E-state index contributed by atoms with van der Waals surface area (Å²) in [4.78, 5) is 24.6. The van der Waals surface area contributed by atoms with E-state index in [4.69, 9.17) is 4.84 Å². The van der Waals surface area contributed by atoms with Crippen molar-refractivity contribution in [3.63, 3.8) is 0 Å². The van der Waals surface area contributed by atoms with Crippen LogP contribution in [0.15, 0.2) is 59.8 Å². The molecule has 1 amide bonds. The van der Waals surface area contributed by atoms with E-state index >= 15 is 0 Å². The van der Waals surface area contributed by atoms with Gasteiger partial charge in [-0.05, 0) is 23.6 Å². The van der Waals surface area contributed by atoms with Gasteiger partial charge in [0.25, 0.3) is 5.91 Å². The van der Waals surface area contributed by atoms with Crippen LogP contribution in [0, 0.1) is 0 Å². The maximum absolute atomic E-state index is 12.5. The number of amides is 1. The number of hydrogen-bond acceptors (Lipinski definition) is 5. The summed E-state index contributed by atoms with van der Waals surface area (Å²) in [7, 11) is 0. The summed E-state index contributed by atoms with van der Waals surface area (Å²) >= 11 is 1.44. The SMILES string of the molecule is C=CCN(CC1CC(c2cccnc2)=NO1)C(=O)c1cccs1. The normalized spacial score (nSPS) is 16.5. The van der Waals surface area contributed by atoms with E-state index in [1.165, 1.54) is 11.3 Å². The van der Waals surface area contributed by atoms with E-state index < -0.39 is 0 Å². The van der Waals surface area contributed by atoms with Crippen LogP contribution in [0.4, 0.5) is 0 Å². The van der Waals surface area contributed by atoms with E-state index in [0.29, 0.717) is 19.5 Å². The molecule has 3 rings (SSSR count). The smallest absolute Gasteiger partial charge is 0.264 e. The summed E-state index contributed by atoms with van der Waals surface area (Å²) in [6, 6.07) is 7.53. The van der Waals surface area contributed by atoms with Crippen LogP contribution in [0.3, 0.4) is 0 Å². The molecule has 1 aliphatic rings. The second-order valence-electron chi connectivity index (χ2n) is 5.19. The molecule has 0 fully saturated rings. The summed E-state index contributed by atoms with van der Waals surface area (Å²) in [5.74, 6) is -0.00155. The first-order chi connectivity index (χ1) is 11.3. The van der Waals surface area contributed by atoms with E-state index in [-0.39, 0.29) is 12.0 Å². The second-order valence-corrected chi connectivity index (χ2v) is 6.14. The Morgan fingerprint density at radius 3 is 3.09 bits per heavy atom. The average Bonchev–Trinajstić information content (AvgIpc) is 3.26. The molecule has 2 aromatic heterocycles. The number of thiophene rings is 1. The molecular weight excluding hydrogens is 310 g/mol. The van der Waals surface area contributed by atoms with Crippen molar-refractivity contribution in [2.75, 3.05) is 13.1 Å². The van der Waals surface area contributed by atoms with Gasteiger partial charge in [-0.1, -0.05) is 17.3 Å². The molecule has 2 aromatic rings. The van der Waals surface area contributed by atoms with Gasteiger partial charge in [-0.15, -0.1) is 17.9 Å². The minimum Gasteiger partial charge on any atom is -0.390 e. The van der Waals surface area contributed by atoms with Gasteiger partial charge in [-0.3, -0.25) is 9.78 Å². The highest BCUT2D eigenvalue weighted by Gasteiger charge is 2.27. The molecule has 1 atom stereocenters. The lowest BCUT2D eigenvalue weighted by Crippen LogP contribution is -2.37. The van der Waals surface area contributed by atoms with Crippen molar-refractivity contribution in [2.45, 2.75) is 12.5 Å². The topological polar surface area (TPSA) is 54.8 Å². The Balaban J connectivity index is 1.64. The number of carbonyl (C=O) groups is 1. The average molecular weight is 327 g/mol. The Labute approximate surface area is 138 Å². The number of pyridine rings is 1. The van der Waals surface area contributed by atoms with E-state index in [2.05, 4.69) is 16.7 Å². The van der Waals surface area contributed by atoms with Crippen molar-refractivity contribution in [1.82, 2.24) is 9.88 Å². The van der Waals surface area contributed by atoms with E-state index in [1.807, 2.05) is 29.6 Å². The Bertz CT molecular complexity index is 698. The molecule has 23 heavy (non-hydrogen) atoms. The molecule has 0 aliphatic carbocycles. The standard InChI is InChI=1S/C17H17N3O2S/c1-2-8-20(17(21)16-6-4-9-23-16)12-14-10-15(19-22-14)13-5-3-7-18-11-13/h2-7,9,11,14H,1,8,10,12H2. The first-order valence-electron chi connectivity index (χ1n) is 7.34. The fourth-order valence-electron chi connectivity index (χ4n) is 2.43. The molecule has 0 saturated carbocycles. The number of oxime groups is 1. The number of rotatable bonds is 6. The fourth-order valence-corrected chi connectivity index (χ4v) is 3.12. The molecular formula is C17H17N3O2S. The van der Waals surface area contributed by atoms with Crippen LogP contribution in [-0.2, 0) is 4.84 Å². The molecule has 118 valence electrons. The van der Waals surface area contributed by atoms with Gasteiger partial charge < -0.3 is 9.74 Å². The van der Waals surface area contributed by atoms with Crippen LogP contribution in [0.25, 0.3) is 0 Å². The Morgan fingerprint density at radius 1 is 1.48 bits per heavy atom. The number of hydrogen-bond donors (Lipinski definition) is 0. The molecule has 1 unspecified atom stereocenters. The lowest BCUT2D eigenvalue weighted by atomic mass is 10.1. The predicted molar refractivity (Wildman–Crippen MR) is 90.7 cm³/mol. The molecule has 3 heterocycles. The number of carbonyl (C=O) groups excluding carboxylic acids is 1. The highest BCUT2D eigenvalue weighted by atomic mass is 32.1.